The van der Waals surface area contributed by atoms with Crippen LogP contribution in [0.3, 0.4) is 0 Å². The third-order valence-corrected chi connectivity index (χ3v) is 7.56. The molecule has 1 atom stereocenters. The summed E-state index contributed by atoms with van der Waals surface area (Å²) in [4.78, 5) is 28.8. The Bertz CT molecular complexity index is 1400. The van der Waals surface area contributed by atoms with Crippen molar-refractivity contribution in [3.8, 4) is 0 Å². The molecule has 2 amide bonds. The van der Waals surface area contributed by atoms with E-state index in [0.29, 0.717) is 13.0 Å². The van der Waals surface area contributed by atoms with E-state index in [4.69, 9.17) is 11.6 Å². The molecule has 0 aliphatic carbocycles. The predicted molar refractivity (Wildman–Crippen MR) is 153 cm³/mol. The standard InChI is InChI=1S/C29H33ClFN3O4S/c1-4-15-32-29(36)27(17-22-10-6-5-7-11-22)33(19-23-12-8-9-21(2)16-23)28(35)20-34(39(3,37)38)24-13-14-26(31)25(30)18-24/h5-14,16,18,27H,4,15,17,19-20H2,1-3H3,(H,32,36)/t27-/m1/s1. The van der Waals surface area contributed by atoms with Crippen LogP contribution in [0.1, 0.15) is 30.0 Å². The van der Waals surface area contributed by atoms with E-state index in [2.05, 4.69) is 5.32 Å². The van der Waals surface area contributed by atoms with Gasteiger partial charge in [-0.25, -0.2) is 12.8 Å². The van der Waals surface area contributed by atoms with Crippen LogP contribution in [0.5, 0.6) is 0 Å². The smallest absolute Gasteiger partial charge is 0.244 e. The molecule has 0 aliphatic rings. The number of nitrogens with one attached hydrogen (secondary N) is 1. The van der Waals surface area contributed by atoms with Crippen molar-refractivity contribution in [3.63, 3.8) is 0 Å². The van der Waals surface area contributed by atoms with Crippen molar-refractivity contribution in [2.45, 2.75) is 39.3 Å². The summed E-state index contributed by atoms with van der Waals surface area (Å²) < 4.78 is 40.2. The van der Waals surface area contributed by atoms with Crippen molar-refractivity contribution in [2.75, 3.05) is 23.7 Å². The maximum atomic E-state index is 14.0. The number of aryl methyl sites for hydroxylation is 1. The molecule has 7 nitrogen and oxygen atoms in total. The Morgan fingerprint density at radius 3 is 2.31 bits per heavy atom. The molecular weight excluding hydrogens is 541 g/mol. The summed E-state index contributed by atoms with van der Waals surface area (Å²) in [5, 5.41) is 2.62. The molecule has 0 bridgehead atoms. The quantitative estimate of drug-likeness (QED) is 0.340. The van der Waals surface area contributed by atoms with Gasteiger partial charge in [-0.3, -0.25) is 13.9 Å². The Balaban J connectivity index is 2.05. The number of carbonyl (C=O) groups excluding carboxylic acids is 2. The summed E-state index contributed by atoms with van der Waals surface area (Å²) in [7, 11) is -3.97. The van der Waals surface area contributed by atoms with E-state index in [-0.39, 0.29) is 29.6 Å². The number of benzene rings is 3. The van der Waals surface area contributed by atoms with Crippen molar-refractivity contribution in [1.29, 1.82) is 0 Å². The van der Waals surface area contributed by atoms with Crippen molar-refractivity contribution in [2.24, 2.45) is 0 Å². The van der Waals surface area contributed by atoms with Crippen LogP contribution in [-0.4, -0.2) is 50.5 Å². The number of hydrogen-bond acceptors (Lipinski definition) is 4. The van der Waals surface area contributed by atoms with Crippen molar-refractivity contribution >= 4 is 39.1 Å². The van der Waals surface area contributed by atoms with Gasteiger partial charge in [0.15, 0.2) is 0 Å². The van der Waals surface area contributed by atoms with Crippen LogP contribution in [0, 0.1) is 12.7 Å². The lowest BCUT2D eigenvalue weighted by molar-refractivity contribution is -0.140. The van der Waals surface area contributed by atoms with Crippen LogP contribution in [0.15, 0.2) is 72.8 Å². The van der Waals surface area contributed by atoms with Gasteiger partial charge in [0.1, 0.15) is 18.4 Å². The van der Waals surface area contributed by atoms with Crippen LogP contribution in [-0.2, 0) is 32.6 Å². The van der Waals surface area contributed by atoms with Gasteiger partial charge in [0.05, 0.1) is 17.0 Å². The highest BCUT2D eigenvalue weighted by atomic mass is 35.5. The minimum absolute atomic E-state index is 0.0443. The first-order chi connectivity index (χ1) is 18.5. The second-order valence-electron chi connectivity index (χ2n) is 9.38. The second kappa shape index (κ2) is 13.6. The highest BCUT2D eigenvalue weighted by Crippen LogP contribution is 2.25. The third kappa shape index (κ3) is 8.53. The van der Waals surface area contributed by atoms with Gasteiger partial charge in [0.25, 0.3) is 0 Å². The maximum Gasteiger partial charge on any atom is 0.244 e. The van der Waals surface area contributed by atoms with E-state index >= 15 is 0 Å². The van der Waals surface area contributed by atoms with Gasteiger partial charge in [0.2, 0.25) is 21.8 Å². The maximum absolute atomic E-state index is 14.0. The molecule has 3 aromatic rings. The molecule has 0 aliphatic heterocycles. The number of carbonyl (C=O) groups is 2. The number of halogens is 2. The fourth-order valence-corrected chi connectivity index (χ4v) is 5.20. The van der Waals surface area contributed by atoms with E-state index in [9.17, 15) is 22.4 Å². The predicted octanol–water partition coefficient (Wildman–Crippen LogP) is 4.72. The van der Waals surface area contributed by atoms with Crippen molar-refractivity contribution in [3.05, 3.63) is 100 Å². The minimum atomic E-state index is -3.97. The summed E-state index contributed by atoms with van der Waals surface area (Å²) in [6.45, 7) is 3.77. The number of nitrogens with zero attached hydrogens (tertiary/aromatic N) is 2. The molecule has 39 heavy (non-hydrogen) atoms. The van der Waals surface area contributed by atoms with E-state index < -0.39 is 34.3 Å². The summed E-state index contributed by atoms with van der Waals surface area (Å²) in [6, 6.07) is 19.4. The molecule has 0 radical (unpaired) electrons. The molecule has 0 fully saturated rings. The van der Waals surface area contributed by atoms with Crippen LogP contribution < -0.4 is 9.62 Å². The Morgan fingerprint density at radius 2 is 1.69 bits per heavy atom. The van der Waals surface area contributed by atoms with Crippen LogP contribution in [0.4, 0.5) is 10.1 Å². The van der Waals surface area contributed by atoms with Crippen LogP contribution in [0.2, 0.25) is 5.02 Å². The Labute approximate surface area is 234 Å². The SMILES string of the molecule is CCCNC(=O)[C@@H](Cc1ccccc1)N(Cc1cccc(C)c1)C(=O)CN(c1ccc(F)c(Cl)c1)S(C)(=O)=O. The largest absolute Gasteiger partial charge is 0.354 e. The third-order valence-electron chi connectivity index (χ3n) is 6.13. The number of rotatable bonds is 12. The van der Waals surface area contributed by atoms with Gasteiger partial charge >= 0.3 is 0 Å². The van der Waals surface area contributed by atoms with Crippen molar-refractivity contribution < 1.29 is 22.4 Å². The molecule has 1 N–H and O–H groups in total. The molecule has 0 spiro atoms. The molecule has 10 heteroatoms. The topological polar surface area (TPSA) is 86.8 Å². The van der Waals surface area contributed by atoms with Crippen LogP contribution >= 0.6 is 11.6 Å². The highest BCUT2D eigenvalue weighted by molar-refractivity contribution is 7.92. The van der Waals surface area contributed by atoms with E-state index in [1.807, 2.05) is 68.4 Å². The fourth-order valence-electron chi connectivity index (χ4n) is 4.18. The summed E-state index contributed by atoms with van der Waals surface area (Å²) in [5.41, 5.74) is 2.67. The average Bonchev–Trinajstić information content (AvgIpc) is 2.89. The van der Waals surface area contributed by atoms with E-state index in [1.165, 1.54) is 11.0 Å². The van der Waals surface area contributed by atoms with Gasteiger partial charge in [-0.05, 0) is 42.7 Å². The van der Waals surface area contributed by atoms with Crippen LogP contribution in [0.25, 0.3) is 0 Å². The van der Waals surface area contributed by atoms with Gasteiger partial charge in [-0.15, -0.1) is 0 Å². The molecule has 208 valence electrons. The molecule has 3 aromatic carbocycles. The lowest BCUT2D eigenvalue weighted by Gasteiger charge is -2.33. The highest BCUT2D eigenvalue weighted by Gasteiger charge is 2.33. The van der Waals surface area contributed by atoms with Gasteiger partial charge in [-0.1, -0.05) is 78.7 Å². The average molecular weight is 574 g/mol. The Morgan fingerprint density at radius 1 is 1.00 bits per heavy atom. The molecule has 0 aromatic heterocycles. The summed E-state index contributed by atoms with van der Waals surface area (Å²) in [6.07, 6.45) is 1.90. The normalized spacial score (nSPS) is 12.0. The molecule has 0 heterocycles. The van der Waals surface area contributed by atoms with E-state index in [1.54, 1.807) is 0 Å². The van der Waals surface area contributed by atoms with Gasteiger partial charge < -0.3 is 10.2 Å². The summed E-state index contributed by atoms with van der Waals surface area (Å²) in [5.74, 6) is -1.64. The monoisotopic (exact) mass is 573 g/mol. The van der Waals surface area contributed by atoms with Gasteiger partial charge in [-0.2, -0.15) is 0 Å². The molecule has 0 saturated carbocycles. The lowest BCUT2D eigenvalue weighted by Crippen LogP contribution is -2.53. The number of amides is 2. The van der Waals surface area contributed by atoms with Crippen molar-refractivity contribution in [1.82, 2.24) is 10.2 Å². The number of anilines is 1. The Hall–Kier alpha value is -3.43. The molecule has 0 unspecified atom stereocenters. The zero-order valence-corrected chi connectivity index (χ0v) is 23.8. The number of hydrogen-bond donors (Lipinski definition) is 1. The first-order valence-corrected chi connectivity index (χ1v) is 14.8. The van der Waals surface area contributed by atoms with E-state index in [0.717, 1.165) is 39.4 Å². The first kappa shape index (κ1) is 30.1. The molecular formula is C29H33ClFN3O4S. The molecule has 0 saturated heterocycles. The zero-order chi connectivity index (χ0) is 28.6. The number of sulfonamides is 1. The Kier molecular flexibility index (Phi) is 10.5. The summed E-state index contributed by atoms with van der Waals surface area (Å²) >= 11 is 5.92. The fraction of sp³-hybridized carbons (Fsp3) is 0.310. The second-order valence-corrected chi connectivity index (χ2v) is 11.7. The minimum Gasteiger partial charge on any atom is -0.354 e. The van der Waals surface area contributed by atoms with Gasteiger partial charge in [0, 0.05) is 19.5 Å². The molecule has 3 rings (SSSR count). The zero-order valence-electron chi connectivity index (χ0n) is 22.2. The first-order valence-electron chi connectivity index (χ1n) is 12.6. The lowest BCUT2D eigenvalue weighted by atomic mass is 10.0.